The number of hydrogen-bond donors (Lipinski definition) is 7. The van der Waals surface area contributed by atoms with E-state index in [-0.39, 0.29) is 19.3 Å². The highest BCUT2D eigenvalue weighted by Crippen LogP contribution is 2.02. The molecule has 29 heavy (non-hydrogen) atoms. The summed E-state index contributed by atoms with van der Waals surface area (Å²) in [5, 5.41) is 32.8. The van der Waals surface area contributed by atoms with Crippen LogP contribution in [0.5, 0.6) is 0 Å². The van der Waals surface area contributed by atoms with Crippen molar-refractivity contribution < 1.29 is 44.1 Å². The van der Waals surface area contributed by atoms with Crippen LogP contribution in [-0.4, -0.2) is 75.1 Å². The molecule has 0 radical (unpaired) electrons. The minimum absolute atomic E-state index is 0.194. The van der Waals surface area contributed by atoms with Crippen LogP contribution in [0.2, 0.25) is 0 Å². The fraction of sp³-hybridized carbons (Fsp3) is 0.625. The summed E-state index contributed by atoms with van der Waals surface area (Å²) in [6.45, 7) is 2.50. The van der Waals surface area contributed by atoms with Gasteiger partial charge in [-0.3, -0.25) is 28.8 Å². The molecule has 0 rings (SSSR count). The Hall–Kier alpha value is -3.22. The summed E-state index contributed by atoms with van der Waals surface area (Å²) in [6.07, 6.45) is -1.35. The van der Waals surface area contributed by atoms with E-state index in [1.165, 1.54) is 13.8 Å². The molecule has 3 amide bonds. The number of carbonyl (C=O) groups excluding carboxylic acids is 3. The zero-order valence-corrected chi connectivity index (χ0v) is 16.0. The van der Waals surface area contributed by atoms with Gasteiger partial charge in [-0.25, -0.2) is 0 Å². The number of nitrogens with two attached hydrogens (primary N) is 1. The Balaban J connectivity index is 5.00. The van der Waals surface area contributed by atoms with E-state index in [4.69, 9.17) is 21.1 Å². The largest absolute Gasteiger partial charge is 0.481 e. The minimum Gasteiger partial charge on any atom is -0.481 e. The van der Waals surface area contributed by atoms with Crippen LogP contribution in [-0.2, 0) is 28.8 Å². The van der Waals surface area contributed by atoms with Crippen LogP contribution in [0.3, 0.4) is 0 Å². The van der Waals surface area contributed by atoms with Gasteiger partial charge in [0.15, 0.2) is 0 Å². The fourth-order valence-corrected chi connectivity index (χ4v) is 2.01. The van der Waals surface area contributed by atoms with Crippen molar-refractivity contribution in [1.82, 2.24) is 16.0 Å². The van der Waals surface area contributed by atoms with Crippen molar-refractivity contribution in [2.75, 3.05) is 0 Å². The molecule has 4 unspecified atom stereocenters. The zero-order chi connectivity index (χ0) is 22.7. The molecule has 0 aliphatic heterocycles. The minimum atomic E-state index is -1.35. The van der Waals surface area contributed by atoms with Crippen LogP contribution in [0.25, 0.3) is 0 Å². The van der Waals surface area contributed by atoms with Crippen LogP contribution in [0.15, 0.2) is 0 Å². The van der Waals surface area contributed by atoms with Gasteiger partial charge in [-0.2, -0.15) is 0 Å². The number of hydrogen-bond acceptors (Lipinski definition) is 7. The molecule has 13 heteroatoms. The molecule has 4 atom stereocenters. The summed E-state index contributed by atoms with van der Waals surface area (Å²) in [5.74, 6) is -6.20. The second-order valence-electron chi connectivity index (χ2n) is 6.33. The monoisotopic (exact) mass is 418 g/mol. The molecule has 0 aliphatic carbocycles. The number of amides is 3. The Kier molecular flexibility index (Phi) is 10.9. The first-order valence-electron chi connectivity index (χ1n) is 8.68. The van der Waals surface area contributed by atoms with E-state index in [1.54, 1.807) is 0 Å². The van der Waals surface area contributed by atoms with Gasteiger partial charge in [0.25, 0.3) is 0 Å². The van der Waals surface area contributed by atoms with E-state index in [1.807, 2.05) is 0 Å². The molecule has 164 valence electrons. The maximum Gasteiger partial charge on any atom is 0.325 e. The van der Waals surface area contributed by atoms with Crippen LogP contribution in [0.1, 0.15) is 39.5 Å². The fourth-order valence-electron chi connectivity index (χ4n) is 2.01. The first-order chi connectivity index (χ1) is 13.3. The lowest BCUT2D eigenvalue weighted by Gasteiger charge is -2.22. The Labute approximate surface area is 166 Å². The highest BCUT2D eigenvalue weighted by atomic mass is 16.4. The van der Waals surface area contributed by atoms with Gasteiger partial charge < -0.3 is 37.0 Å². The summed E-state index contributed by atoms with van der Waals surface area (Å²) < 4.78 is 0. The molecule has 13 nitrogen and oxygen atoms in total. The molecule has 0 aromatic rings. The number of aliphatic carboxylic acids is 3. The van der Waals surface area contributed by atoms with Crippen molar-refractivity contribution in [3.8, 4) is 0 Å². The topological polar surface area (TPSA) is 225 Å². The van der Waals surface area contributed by atoms with Crippen molar-refractivity contribution in [3.63, 3.8) is 0 Å². The number of carbonyl (C=O) groups is 6. The van der Waals surface area contributed by atoms with E-state index in [9.17, 15) is 28.8 Å². The highest BCUT2D eigenvalue weighted by Gasteiger charge is 2.27. The lowest BCUT2D eigenvalue weighted by molar-refractivity contribution is -0.141. The molecular weight excluding hydrogens is 392 g/mol. The quantitative estimate of drug-likeness (QED) is 0.168. The Morgan fingerprint density at radius 1 is 0.724 bits per heavy atom. The third-order valence-electron chi connectivity index (χ3n) is 3.77. The SMILES string of the molecule is CC(NC(=O)C(C)NC(=O)C(CCC(=O)O)NC(=O)C(N)CCC(=O)O)C(=O)O. The zero-order valence-electron chi connectivity index (χ0n) is 16.0. The molecule has 8 N–H and O–H groups in total. The van der Waals surface area contributed by atoms with Gasteiger partial charge in [0, 0.05) is 12.8 Å². The molecule has 0 heterocycles. The molecule has 0 aromatic heterocycles. The predicted octanol–water partition coefficient (Wildman–Crippen LogP) is -2.38. The van der Waals surface area contributed by atoms with Gasteiger partial charge in [0.05, 0.1) is 6.04 Å². The van der Waals surface area contributed by atoms with E-state index >= 15 is 0 Å². The lowest BCUT2D eigenvalue weighted by atomic mass is 10.1. The van der Waals surface area contributed by atoms with E-state index in [2.05, 4.69) is 16.0 Å². The molecule has 0 bridgehead atoms. The summed E-state index contributed by atoms with van der Waals surface area (Å²) in [6, 6.07) is -4.95. The molecular formula is C16H26N4O9. The van der Waals surface area contributed by atoms with Crippen molar-refractivity contribution in [2.45, 2.75) is 63.7 Å². The van der Waals surface area contributed by atoms with Gasteiger partial charge in [-0.1, -0.05) is 0 Å². The maximum atomic E-state index is 12.4. The summed E-state index contributed by atoms with van der Waals surface area (Å²) >= 11 is 0. The predicted molar refractivity (Wildman–Crippen MR) is 96.5 cm³/mol. The van der Waals surface area contributed by atoms with Gasteiger partial charge in [-0.05, 0) is 26.7 Å². The smallest absolute Gasteiger partial charge is 0.325 e. The molecule has 0 saturated carbocycles. The summed E-state index contributed by atoms with van der Waals surface area (Å²) in [5.41, 5.74) is 5.56. The average molecular weight is 418 g/mol. The van der Waals surface area contributed by atoms with Crippen LogP contribution < -0.4 is 21.7 Å². The molecule has 0 aliphatic rings. The second kappa shape index (κ2) is 12.3. The number of rotatable bonds is 13. The number of nitrogens with one attached hydrogen (secondary N) is 3. The van der Waals surface area contributed by atoms with Crippen molar-refractivity contribution >= 4 is 35.6 Å². The standard InChI is InChI=1S/C16H26N4O9/c1-7(13(25)19-8(2)16(28)29)18-15(27)10(4-6-12(23)24)20-14(26)9(17)3-5-11(21)22/h7-10H,3-6,17H2,1-2H3,(H,18,27)(H,19,25)(H,20,26)(H,21,22)(H,23,24)(H,28,29). The number of carboxylic acid groups (broad SMARTS) is 3. The Morgan fingerprint density at radius 2 is 1.21 bits per heavy atom. The third kappa shape index (κ3) is 10.6. The normalized spacial score (nSPS) is 14.6. The second-order valence-corrected chi connectivity index (χ2v) is 6.33. The van der Waals surface area contributed by atoms with E-state index in [0.29, 0.717) is 0 Å². The third-order valence-corrected chi connectivity index (χ3v) is 3.77. The van der Waals surface area contributed by atoms with Crippen molar-refractivity contribution in [3.05, 3.63) is 0 Å². The molecule has 0 fully saturated rings. The van der Waals surface area contributed by atoms with Gasteiger partial charge in [-0.15, -0.1) is 0 Å². The highest BCUT2D eigenvalue weighted by molar-refractivity contribution is 5.94. The first-order valence-corrected chi connectivity index (χ1v) is 8.68. The van der Waals surface area contributed by atoms with Crippen LogP contribution >= 0.6 is 0 Å². The molecule has 0 spiro atoms. The van der Waals surface area contributed by atoms with E-state index in [0.717, 1.165) is 0 Å². The maximum absolute atomic E-state index is 12.4. The first kappa shape index (κ1) is 25.8. The van der Waals surface area contributed by atoms with Gasteiger partial charge >= 0.3 is 17.9 Å². The molecule has 0 saturated heterocycles. The lowest BCUT2D eigenvalue weighted by Crippen LogP contribution is -2.56. The Morgan fingerprint density at radius 3 is 1.69 bits per heavy atom. The van der Waals surface area contributed by atoms with Crippen molar-refractivity contribution in [2.24, 2.45) is 5.73 Å². The number of carboxylic acids is 3. The van der Waals surface area contributed by atoms with Gasteiger partial charge in [0.2, 0.25) is 17.7 Å². The van der Waals surface area contributed by atoms with Crippen LogP contribution in [0.4, 0.5) is 0 Å². The summed E-state index contributed by atoms with van der Waals surface area (Å²) in [7, 11) is 0. The van der Waals surface area contributed by atoms with E-state index < -0.39 is 66.2 Å². The Bertz CT molecular complexity index is 652. The summed E-state index contributed by atoms with van der Waals surface area (Å²) in [4.78, 5) is 68.4. The van der Waals surface area contributed by atoms with Gasteiger partial charge in [0.1, 0.15) is 18.1 Å². The average Bonchev–Trinajstić information content (AvgIpc) is 2.61. The van der Waals surface area contributed by atoms with Crippen molar-refractivity contribution in [1.29, 1.82) is 0 Å². The van der Waals surface area contributed by atoms with Crippen LogP contribution in [0, 0.1) is 0 Å². The molecule has 0 aromatic carbocycles.